The van der Waals surface area contributed by atoms with Crippen LogP contribution in [0.5, 0.6) is 0 Å². The van der Waals surface area contributed by atoms with Crippen LogP contribution < -0.4 is 0 Å². The van der Waals surface area contributed by atoms with Crippen molar-refractivity contribution >= 4 is 12.6 Å². The highest BCUT2D eigenvalue weighted by atomic mass is 32.1. The zero-order chi connectivity index (χ0) is 9.36. The van der Waals surface area contributed by atoms with Crippen molar-refractivity contribution in [3.8, 4) is 0 Å². The Bertz CT molecular complexity index is 211. The quantitative estimate of drug-likeness (QED) is 0.543. The minimum atomic E-state index is 0.817. The maximum absolute atomic E-state index is 5.43. The molecule has 0 N–H and O–H groups in total. The molecule has 0 fully saturated rings. The van der Waals surface area contributed by atoms with Gasteiger partial charge in [-0.05, 0) is 24.2 Å². The lowest BCUT2D eigenvalue weighted by atomic mass is 10.2. The summed E-state index contributed by atoms with van der Waals surface area (Å²) in [6.07, 6.45) is 2.05. The fourth-order valence-corrected chi connectivity index (χ4v) is 1.23. The van der Waals surface area contributed by atoms with E-state index in [4.69, 9.17) is 4.74 Å². The maximum atomic E-state index is 5.43. The number of benzene rings is 1. The first-order chi connectivity index (χ1) is 6.43. The Morgan fingerprint density at radius 2 is 1.85 bits per heavy atom. The van der Waals surface area contributed by atoms with Gasteiger partial charge in [0.05, 0.1) is 6.61 Å². The zero-order valence-corrected chi connectivity index (χ0v) is 8.67. The molecule has 2 heteroatoms. The Morgan fingerprint density at radius 3 is 2.54 bits per heavy atom. The smallest absolute Gasteiger partial charge is 0.0506 e. The first-order valence-electron chi connectivity index (χ1n) is 4.66. The second-order valence-corrected chi connectivity index (χ2v) is 3.37. The molecule has 13 heavy (non-hydrogen) atoms. The number of thiol groups is 1. The molecule has 0 atom stereocenters. The molecule has 0 radical (unpaired) electrons. The molecule has 0 aliphatic heterocycles. The third-order valence-corrected chi connectivity index (χ3v) is 2.14. The van der Waals surface area contributed by atoms with Gasteiger partial charge in [0.15, 0.2) is 0 Å². The summed E-state index contributed by atoms with van der Waals surface area (Å²) in [4.78, 5) is 0. The lowest BCUT2D eigenvalue weighted by Gasteiger charge is -2.02. The molecular formula is C11H16OS. The van der Waals surface area contributed by atoms with Crippen LogP contribution in [0.1, 0.15) is 12.0 Å². The molecule has 0 aromatic heterocycles. The van der Waals surface area contributed by atoms with Crippen molar-refractivity contribution in [2.24, 2.45) is 0 Å². The van der Waals surface area contributed by atoms with E-state index in [0.29, 0.717) is 0 Å². The summed E-state index contributed by atoms with van der Waals surface area (Å²) in [7, 11) is 0. The molecule has 0 amide bonds. The number of rotatable bonds is 6. The summed E-state index contributed by atoms with van der Waals surface area (Å²) < 4.78 is 5.43. The highest BCUT2D eigenvalue weighted by Crippen LogP contribution is 1.99. The topological polar surface area (TPSA) is 9.23 Å². The number of hydrogen-bond acceptors (Lipinski definition) is 2. The third kappa shape index (κ3) is 4.96. The molecule has 0 aliphatic rings. The van der Waals surface area contributed by atoms with Crippen molar-refractivity contribution in [3.63, 3.8) is 0 Å². The van der Waals surface area contributed by atoms with Crippen molar-refractivity contribution in [2.75, 3.05) is 19.0 Å². The van der Waals surface area contributed by atoms with E-state index >= 15 is 0 Å². The Hall–Kier alpha value is -0.470. The molecule has 1 nitrogen and oxygen atoms in total. The van der Waals surface area contributed by atoms with E-state index < -0.39 is 0 Å². The van der Waals surface area contributed by atoms with Crippen LogP contribution in [-0.2, 0) is 11.2 Å². The van der Waals surface area contributed by atoms with Crippen molar-refractivity contribution in [2.45, 2.75) is 12.8 Å². The molecule has 0 spiro atoms. The van der Waals surface area contributed by atoms with Crippen LogP contribution in [-0.4, -0.2) is 19.0 Å². The summed E-state index contributed by atoms with van der Waals surface area (Å²) in [5.74, 6) is 0.908. The van der Waals surface area contributed by atoms with Crippen LogP contribution in [0.25, 0.3) is 0 Å². The molecule has 0 unspecified atom stereocenters. The Morgan fingerprint density at radius 1 is 1.08 bits per heavy atom. The van der Waals surface area contributed by atoms with Gasteiger partial charge in [0.2, 0.25) is 0 Å². The molecular weight excluding hydrogens is 180 g/mol. The molecule has 1 aromatic carbocycles. The van der Waals surface area contributed by atoms with Crippen molar-refractivity contribution in [1.82, 2.24) is 0 Å². The second-order valence-electron chi connectivity index (χ2n) is 2.93. The van der Waals surface area contributed by atoms with E-state index in [-0.39, 0.29) is 0 Å². The van der Waals surface area contributed by atoms with Gasteiger partial charge in [-0.3, -0.25) is 0 Å². The summed E-state index contributed by atoms with van der Waals surface area (Å²) in [6.45, 7) is 1.65. The maximum Gasteiger partial charge on any atom is 0.0506 e. The minimum Gasteiger partial charge on any atom is -0.381 e. The van der Waals surface area contributed by atoms with E-state index in [9.17, 15) is 0 Å². The molecule has 1 aromatic rings. The molecule has 72 valence electrons. The van der Waals surface area contributed by atoms with Gasteiger partial charge in [-0.25, -0.2) is 0 Å². The van der Waals surface area contributed by atoms with Gasteiger partial charge >= 0.3 is 0 Å². The summed E-state index contributed by atoms with van der Waals surface area (Å²) in [5.41, 5.74) is 1.34. The Labute approximate surface area is 85.5 Å². The molecule has 0 bridgehead atoms. The Balaban J connectivity index is 2.07. The van der Waals surface area contributed by atoms with Crippen molar-refractivity contribution in [3.05, 3.63) is 35.9 Å². The first-order valence-corrected chi connectivity index (χ1v) is 5.29. The van der Waals surface area contributed by atoms with Crippen LogP contribution in [0, 0.1) is 0 Å². The third-order valence-electron chi connectivity index (χ3n) is 1.82. The van der Waals surface area contributed by atoms with E-state index in [1.165, 1.54) is 5.56 Å². The predicted octanol–water partition coefficient (Wildman–Crippen LogP) is 2.57. The van der Waals surface area contributed by atoms with Gasteiger partial charge in [0.1, 0.15) is 0 Å². The van der Waals surface area contributed by atoms with E-state index in [2.05, 4.69) is 36.9 Å². The van der Waals surface area contributed by atoms with Crippen molar-refractivity contribution < 1.29 is 4.74 Å². The fraction of sp³-hybridized carbons (Fsp3) is 0.455. The largest absolute Gasteiger partial charge is 0.381 e. The van der Waals surface area contributed by atoms with Crippen molar-refractivity contribution in [1.29, 1.82) is 0 Å². The SMILES string of the molecule is SCCCOCCc1ccccc1. The van der Waals surface area contributed by atoms with Gasteiger partial charge in [-0.15, -0.1) is 0 Å². The van der Waals surface area contributed by atoms with Crippen LogP contribution in [0.3, 0.4) is 0 Å². The standard InChI is InChI=1S/C11H16OS/c13-10-4-8-12-9-7-11-5-2-1-3-6-11/h1-3,5-6,13H,4,7-10H2. The van der Waals surface area contributed by atoms with E-state index in [1.54, 1.807) is 0 Å². The summed E-state index contributed by atoms with van der Waals surface area (Å²) >= 11 is 4.11. The summed E-state index contributed by atoms with van der Waals surface area (Å²) in [5, 5.41) is 0. The van der Waals surface area contributed by atoms with E-state index in [0.717, 1.165) is 31.8 Å². The highest BCUT2D eigenvalue weighted by Gasteiger charge is 1.91. The normalized spacial score (nSPS) is 10.2. The molecule has 1 rings (SSSR count). The average molecular weight is 196 g/mol. The highest BCUT2D eigenvalue weighted by molar-refractivity contribution is 7.80. The fourth-order valence-electron chi connectivity index (χ4n) is 1.10. The van der Waals surface area contributed by atoms with Gasteiger partial charge in [0.25, 0.3) is 0 Å². The molecule has 0 heterocycles. The number of hydrogen-bond donors (Lipinski definition) is 1. The lowest BCUT2D eigenvalue weighted by molar-refractivity contribution is 0.138. The van der Waals surface area contributed by atoms with E-state index in [1.807, 2.05) is 6.07 Å². The van der Waals surface area contributed by atoms with Crippen LogP contribution in [0.4, 0.5) is 0 Å². The van der Waals surface area contributed by atoms with Gasteiger partial charge < -0.3 is 4.74 Å². The predicted molar refractivity (Wildman–Crippen MR) is 59.4 cm³/mol. The van der Waals surface area contributed by atoms with Crippen LogP contribution in [0.15, 0.2) is 30.3 Å². The molecule has 0 aliphatic carbocycles. The van der Waals surface area contributed by atoms with Crippen LogP contribution in [0.2, 0.25) is 0 Å². The summed E-state index contributed by atoms with van der Waals surface area (Å²) in [6, 6.07) is 10.4. The molecule has 0 saturated carbocycles. The Kier molecular flexibility index (Phi) is 5.70. The minimum absolute atomic E-state index is 0.817. The second kappa shape index (κ2) is 6.98. The average Bonchev–Trinajstić information content (AvgIpc) is 2.19. The van der Waals surface area contributed by atoms with Gasteiger partial charge in [0, 0.05) is 6.61 Å². The lowest BCUT2D eigenvalue weighted by Crippen LogP contribution is -2.00. The monoisotopic (exact) mass is 196 g/mol. The zero-order valence-electron chi connectivity index (χ0n) is 7.78. The molecule has 0 saturated heterocycles. The van der Waals surface area contributed by atoms with Gasteiger partial charge in [-0.2, -0.15) is 12.6 Å². The first kappa shape index (κ1) is 10.6. The van der Waals surface area contributed by atoms with Crippen LogP contribution >= 0.6 is 12.6 Å². The number of ether oxygens (including phenoxy) is 1. The van der Waals surface area contributed by atoms with Gasteiger partial charge in [-0.1, -0.05) is 30.3 Å².